The Morgan fingerprint density at radius 3 is 2.57 bits per heavy atom. The van der Waals surface area contributed by atoms with Crippen molar-refractivity contribution in [3.05, 3.63) is 69.9 Å². The SMILES string of the molecule is NC1=NC(c2ccc(Br)cc2)CC(c2ccccc2F)N1. The second kappa shape index (κ2) is 5.85. The van der Waals surface area contributed by atoms with Gasteiger partial charge >= 0.3 is 0 Å². The van der Waals surface area contributed by atoms with Crippen LogP contribution in [0.3, 0.4) is 0 Å². The third kappa shape index (κ3) is 3.08. The molecule has 108 valence electrons. The summed E-state index contributed by atoms with van der Waals surface area (Å²) in [5.74, 6) is 0.127. The highest BCUT2D eigenvalue weighted by atomic mass is 79.9. The van der Waals surface area contributed by atoms with E-state index in [1.165, 1.54) is 6.07 Å². The molecule has 1 heterocycles. The number of nitrogens with zero attached hydrogens (tertiary/aromatic N) is 1. The lowest BCUT2D eigenvalue weighted by molar-refractivity contribution is 0.466. The molecule has 3 nitrogen and oxygen atoms in total. The molecule has 0 bridgehead atoms. The molecule has 0 spiro atoms. The first-order valence-corrected chi connectivity index (χ1v) is 7.52. The highest BCUT2D eigenvalue weighted by Gasteiger charge is 2.26. The fourth-order valence-electron chi connectivity index (χ4n) is 2.58. The fraction of sp³-hybridized carbons (Fsp3) is 0.188. The number of aliphatic imine (C=N–C) groups is 1. The highest BCUT2D eigenvalue weighted by Crippen LogP contribution is 2.33. The number of hydrogen-bond donors (Lipinski definition) is 2. The predicted octanol–water partition coefficient (Wildman–Crippen LogP) is 3.68. The Labute approximate surface area is 131 Å². The highest BCUT2D eigenvalue weighted by molar-refractivity contribution is 9.10. The second-order valence-electron chi connectivity index (χ2n) is 5.04. The van der Waals surface area contributed by atoms with Crippen LogP contribution in [0.5, 0.6) is 0 Å². The molecule has 2 unspecified atom stereocenters. The number of rotatable bonds is 2. The Hall–Kier alpha value is -1.88. The van der Waals surface area contributed by atoms with Crippen LogP contribution in [-0.2, 0) is 0 Å². The zero-order valence-electron chi connectivity index (χ0n) is 11.3. The van der Waals surface area contributed by atoms with E-state index in [9.17, 15) is 4.39 Å². The molecular weight excluding hydrogens is 333 g/mol. The Bertz CT molecular complexity index is 669. The van der Waals surface area contributed by atoms with Gasteiger partial charge in [0.1, 0.15) is 5.82 Å². The summed E-state index contributed by atoms with van der Waals surface area (Å²) in [5, 5.41) is 3.06. The summed E-state index contributed by atoms with van der Waals surface area (Å²) >= 11 is 3.42. The van der Waals surface area contributed by atoms with E-state index in [0.29, 0.717) is 17.9 Å². The van der Waals surface area contributed by atoms with E-state index in [4.69, 9.17) is 5.73 Å². The van der Waals surface area contributed by atoms with Gasteiger partial charge in [0.15, 0.2) is 5.96 Å². The molecule has 0 amide bonds. The monoisotopic (exact) mass is 347 g/mol. The summed E-state index contributed by atoms with van der Waals surface area (Å²) in [6, 6.07) is 14.5. The predicted molar refractivity (Wildman–Crippen MR) is 85.4 cm³/mol. The van der Waals surface area contributed by atoms with Gasteiger partial charge in [0.25, 0.3) is 0 Å². The van der Waals surface area contributed by atoms with E-state index in [-0.39, 0.29) is 17.9 Å². The van der Waals surface area contributed by atoms with Crippen molar-refractivity contribution in [1.29, 1.82) is 0 Å². The molecule has 2 aromatic carbocycles. The molecule has 0 aliphatic carbocycles. The lowest BCUT2D eigenvalue weighted by Crippen LogP contribution is -2.39. The van der Waals surface area contributed by atoms with Gasteiger partial charge in [-0.1, -0.05) is 46.3 Å². The van der Waals surface area contributed by atoms with Crippen LogP contribution in [0.25, 0.3) is 0 Å². The molecular formula is C16H15BrFN3. The summed E-state index contributed by atoms with van der Waals surface area (Å²) in [6.45, 7) is 0. The van der Waals surface area contributed by atoms with Crippen LogP contribution in [0, 0.1) is 5.82 Å². The summed E-state index contributed by atoms with van der Waals surface area (Å²) in [5.41, 5.74) is 7.57. The first kappa shape index (κ1) is 14.1. The van der Waals surface area contributed by atoms with Gasteiger partial charge in [0.05, 0.1) is 12.1 Å². The second-order valence-corrected chi connectivity index (χ2v) is 5.95. The van der Waals surface area contributed by atoms with Gasteiger partial charge in [-0.15, -0.1) is 0 Å². The Morgan fingerprint density at radius 2 is 1.86 bits per heavy atom. The normalized spacial score (nSPS) is 21.5. The van der Waals surface area contributed by atoms with Crippen LogP contribution in [-0.4, -0.2) is 5.96 Å². The van der Waals surface area contributed by atoms with Gasteiger partial charge in [-0.2, -0.15) is 0 Å². The minimum absolute atomic E-state index is 0.0658. The average Bonchev–Trinajstić information content (AvgIpc) is 2.48. The quantitative estimate of drug-likeness (QED) is 0.870. The molecule has 0 aromatic heterocycles. The zero-order chi connectivity index (χ0) is 14.8. The Kier molecular flexibility index (Phi) is 3.92. The fourth-order valence-corrected chi connectivity index (χ4v) is 2.84. The molecule has 1 aliphatic heterocycles. The van der Waals surface area contributed by atoms with Crippen LogP contribution >= 0.6 is 15.9 Å². The molecule has 0 fully saturated rings. The maximum absolute atomic E-state index is 14.0. The minimum Gasteiger partial charge on any atom is -0.370 e. The van der Waals surface area contributed by atoms with E-state index in [0.717, 1.165) is 10.0 Å². The number of halogens is 2. The van der Waals surface area contributed by atoms with Gasteiger partial charge < -0.3 is 11.1 Å². The van der Waals surface area contributed by atoms with Gasteiger partial charge in [-0.3, -0.25) is 0 Å². The summed E-state index contributed by atoms with van der Waals surface area (Å²) < 4.78 is 15.0. The molecule has 5 heteroatoms. The smallest absolute Gasteiger partial charge is 0.189 e. The van der Waals surface area contributed by atoms with E-state index >= 15 is 0 Å². The molecule has 1 aliphatic rings. The van der Waals surface area contributed by atoms with Crippen molar-refractivity contribution in [2.24, 2.45) is 10.7 Å². The van der Waals surface area contributed by atoms with Gasteiger partial charge in [0, 0.05) is 10.0 Å². The molecule has 3 rings (SSSR count). The summed E-state index contributed by atoms with van der Waals surface area (Å²) in [6.07, 6.45) is 0.670. The zero-order valence-corrected chi connectivity index (χ0v) is 12.8. The van der Waals surface area contributed by atoms with Gasteiger partial charge in [-0.25, -0.2) is 9.38 Å². The van der Waals surface area contributed by atoms with Crippen molar-refractivity contribution >= 4 is 21.9 Å². The number of benzene rings is 2. The number of hydrogen-bond acceptors (Lipinski definition) is 3. The Balaban J connectivity index is 1.89. The summed E-state index contributed by atoms with van der Waals surface area (Å²) in [4.78, 5) is 4.43. The third-order valence-electron chi connectivity index (χ3n) is 3.61. The first-order valence-electron chi connectivity index (χ1n) is 6.73. The average molecular weight is 348 g/mol. The topological polar surface area (TPSA) is 50.4 Å². The van der Waals surface area contributed by atoms with Crippen molar-refractivity contribution in [1.82, 2.24) is 5.32 Å². The minimum atomic E-state index is -0.223. The summed E-state index contributed by atoms with van der Waals surface area (Å²) in [7, 11) is 0. The van der Waals surface area contributed by atoms with Crippen LogP contribution in [0.4, 0.5) is 4.39 Å². The molecule has 3 N–H and O–H groups in total. The van der Waals surface area contributed by atoms with E-state index in [2.05, 4.69) is 26.2 Å². The third-order valence-corrected chi connectivity index (χ3v) is 4.14. The molecule has 2 aromatic rings. The van der Waals surface area contributed by atoms with Crippen molar-refractivity contribution in [3.63, 3.8) is 0 Å². The number of nitrogens with one attached hydrogen (secondary N) is 1. The van der Waals surface area contributed by atoms with Crippen molar-refractivity contribution in [3.8, 4) is 0 Å². The van der Waals surface area contributed by atoms with Gasteiger partial charge in [0.2, 0.25) is 0 Å². The largest absolute Gasteiger partial charge is 0.370 e. The molecule has 0 saturated heterocycles. The maximum Gasteiger partial charge on any atom is 0.189 e. The van der Waals surface area contributed by atoms with Crippen LogP contribution in [0.15, 0.2) is 58.0 Å². The van der Waals surface area contributed by atoms with Gasteiger partial charge in [-0.05, 0) is 30.2 Å². The number of guanidine groups is 1. The lowest BCUT2D eigenvalue weighted by atomic mass is 9.93. The maximum atomic E-state index is 14.0. The van der Waals surface area contributed by atoms with E-state index < -0.39 is 0 Å². The van der Waals surface area contributed by atoms with E-state index in [1.807, 2.05) is 30.3 Å². The van der Waals surface area contributed by atoms with Crippen LogP contribution < -0.4 is 11.1 Å². The van der Waals surface area contributed by atoms with Crippen LogP contribution in [0.1, 0.15) is 29.6 Å². The number of nitrogens with two attached hydrogens (primary N) is 1. The van der Waals surface area contributed by atoms with Crippen LogP contribution in [0.2, 0.25) is 0 Å². The van der Waals surface area contributed by atoms with Crippen molar-refractivity contribution in [2.75, 3.05) is 0 Å². The Morgan fingerprint density at radius 1 is 1.14 bits per heavy atom. The van der Waals surface area contributed by atoms with Crippen molar-refractivity contribution < 1.29 is 4.39 Å². The molecule has 0 radical (unpaired) electrons. The molecule has 2 atom stereocenters. The standard InChI is InChI=1S/C16H15BrFN3/c17-11-7-5-10(6-8-11)14-9-15(21-16(19)20-14)12-3-1-2-4-13(12)18/h1-8,14-15H,9H2,(H3,19,20,21). The molecule has 21 heavy (non-hydrogen) atoms. The van der Waals surface area contributed by atoms with Crippen molar-refractivity contribution in [2.45, 2.75) is 18.5 Å². The first-order chi connectivity index (χ1) is 10.1. The molecule has 0 saturated carbocycles. The lowest BCUT2D eigenvalue weighted by Gasteiger charge is -2.29. The van der Waals surface area contributed by atoms with E-state index in [1.54, 1.807) is 12.1 Å².